The van der Waals surface area contributed by atoms with Gasteiger partial charge in [0.1, 0.15) is 11.3 Å². The number of ether oxygens (including phenoxy) is 5. The minimum absolute atomic E-state index is 0.337. The summed E-state index contributed by atoms with van der Waals surface area (Å²) in [4.78, 5) is 4.88. The van der Waals surface area contributed by atoms with Crippen molar-refractivity contribution in [2.75, 3.05) is 35.5 Å². The predicted molar refractivity (Wildman–Crippen MR) is 145 cm³/mol. The SMILES string of the molecule is COc1cc2c3cc(OC)c(OC)cc3c3c(cc(OC)c4oc(-c5ccc(F)cc5)nc43)c2cc1OC. The van der Waals surface area contributed by atoms with E-state index in [2.05, 4.69) is 0 Å². The molecule has 6 rings (SSSR count). The number of oxazole rings is 1. The van der Waals surface area contributed by atoms with E-state index in [0.717, 1.165) is 32.3 Å². The van der Waals surface area contributed by atoms with Gasteiger partial charge >= 0.3 is 0 Å². The molecule has 0 atom stereocenters. The lowest BCUT2D eigenvalue weighted by atomic mass is 9.92. The third-order valence-electron chi connectivity index (χ3n) is 6.84. The lowest BCUT2D eigenvalue weighted by molar-refractivity contribution is 0.355. The molecule has 0 N–H and O–H groups in total. The molecule has 0 amide bonds. The van der Waals surface area contributed by atoms with Gasteiger partial charge < -0.3 is 28.1 Å². The van der Waals surface area contributed by atoms with Crippen molar-refractivity contribution in [2.45, 2.75) is 0 Å². The van der Waals surface area contributed by atoms with Crippen LogP contribution >= 0.6 is 0 Å². The van der Waals surface area contributed by atoms with Gasteiger partial charge in [0.2, 0.25) is 5.89 Å². The Kier molecular flexibility index (Phi) is 5.60. The first-order chi connectivity index (χ1) is 18.5. The van der Waals surface area contributed by atoms with Crippen LogP contribution in [0.2, 0.25) is 0 Å². The van der Waals surface area contributed by atoms with Gasteiger partial charge in [0.05, 0.1) is 35.5 Å². The Morgan fingerprint density at radius 2 is 1.00 bits per heavy atom. The van der Waals surface area contributed by atoms with Gasteiger partial charge in [-0.15, -0.1) is 0 Å². The lowest BCUT2D eigenvalue weighted by Gasteiger charge is -2.17. The molecule has 0 aliphatic heterocycles. The average Bonchev–Trinajstić information content (AvgIpc) is 3.40. The minimum Gasteiger partial charge on any atom is -0.493 e. The van der Waals surface area contributed by atoms with Crippen molar-refractivity contribution in [2.24, 2.45) is 0 Å². The second kappa shape index (κ2) is 8.99. The smallest absolute Gasteiger partial charge is 0.227 e. The fraction of sp³-hybridized carbons (Fsp3) is 0.167. The number of methoxy groups -OCH3 is 5. The van der Waals surface area contributed by atoms with Gasteiger partial charge in [-0.25, -0.2) is 9.37 Å². The summed E-state index contributed by atoms with van der Waals surface area (Å²) in [6.07, 6.45) is 0. The predicted octanol–water partition coefficient (Wildman–Crippen LogP) is 7.14. The molecule has 192 valence electrons. The third-order valence-corrected chi connectivity index (χ3v) is 6.84. The van der Waals surface area contributed by atoms with Crippen molar-refractivity contribution in [3.8, 4) is 40.2 Å². The number of hydrogen-bond acceptors (Lipinski definition) is 7. The molecule has 0 unspecified atom stereocenters. The van der Waals surface area contributed by atoms with Crippen molar-refractivity contribution < 1.29 is 32.5 Å². The highest BCUT2D eigenvalue weighted by atomic mass is 19.1. The highest BCUT2D eigenvalue weighted by Gasteiger charge is 2.23. The van der Waals surface area contributed by atoms with Gasteiger partial charge in [0.15, 0.2) is 34.3 Å². The maximum absolute atomic E-state index is 13.6. The molecule has 7 nitrogen and oxygen atoms in total. The van der Waals surface area contributed by atoms with Gasteiger partial charge in [-0.3, -0.25) is 0 Å². The van der Waals surface area contributed by atoms with E-state index in [9.17, 15) is 4.39 Å². The summed E-state index contributed by atoms with van der Waals surface area (Å²) in [5.74, 6) is 2.89. The zero-order chi connectivity index (χ0) is 26.6. The molecule has 1 heterocycles. The van der Waals surface area contributed by atoms with Gasteiger partial charge in [-0.05, 0) is 81.5 Å². The highest BCUT2D eigenvalue weighted by Crippen LogP contribution is 2.48. The Morgan fingerprint density at radius 3 is 1.47 bits per heavy atom. The van der Waals surface area contributed by atoms with E-state index in [-0.39, 0.29) is 5.82 Å². The Bertz CT molecular complexity index is 1820. The molecule has 38 heavy (non-hydrogen) atoms. The van der Waals surface area contributed by atoms with Gasteiger partial charge in [0.25, 0.3) is 0 Å². The standard InChI is InChI=1S/C30H24FNO6/c1-33-22-10-17-18-11-24(35-3)25(36-4)13-20(18)27-21(19(17)12-23(22)34-2)14-26(37-5)29-28(27)32-30(38-29)15-6-8-16(31)9-7-15/h6-14H,1-5H3. The second-order valence-corrected chi connectivity index (χ2v) is 8.71. The first kappa shape index (κ1) is 23.7. The van der Waals surface area contributed by atoms with Crippen molar-refractivity contribution in [1.82, 2.24) is 4.98 Å². The fourth-order valence-electron chi connectivity index (χ4n) is 5.04. The Hall–Kier alpha value is -4.72. The number of nitrogens with zero attached hydrogens (tertiary/aromatic N) is 1. The Balaban J connectivity index is 1.85. The maximum Gasteiger partial charge on any atom is 0.227 e. The Morgan fingerprint density at radius 1 is 0.579 bits per heavy atom. The van der Waals surface area contributed by atoms with E-state index in [1.54, 1.807) is 47.7 Å². The second-order valence-electron chi connectivity index (χ2n) is 8.71. The highest BCUT2D eigenvalue weighted by molar-refractivity contribution is 6.32. The molecule has 0 bridgehead atoms. The normalized spacial score (nSPS) is 11.4. The van der Waals surface area contributed by atoms with Crippen LogP contribution in [0.5, 0.6) is 28.7 Å². The molecular formula is C30H24FNO6. The van der Waals surface area contributed by atoms with E-state index in [1.165, 1.54) is 12.1 Å². The van der Waals surface area contributed by atoms with Crippen LogP contribution in [0.3, 0.4) is 0 Å². The summed E-state index contributed by atoms with van der Waals surface area (Å²) in [6, 6.07) is 15.7. The number of aromatic nitrogens is 1. The fourth-order valence-corrected chi connectivity index (χ4v) is 5.04. The summed E-state index contributed by atoms with van der Waals surface area (Å²) in [6.45, 7) is 0. The third kappa shape index (κ3) is 3.44. The molecule has 0 fully saturated rings. The zero-order valence-corrected chi connectivity index (χ0v) is 21.5. The number of rotatable bonds is 6. The van der Waals surface area contributed by atoms with Gasteiger partial charge in [-0.1, -0.05) is 0 Å². The first-order valence-electron chi connectivity index (χ1n) is 11.8. The summed E-state index contributed by atoms with van der Waals surface area (Å²) < 4.78 is 48.1. The Labute approximate surface area is 217 Å². The summed E-state index contributed by atoms with van der Waals surface area (Å²) >= 11 is 0. The van der Waals surface area contributed by atoms with Crippen LogP contribution in [0.25, 0.3) is 54.9 Å². The van der Waals surface area contributed by atoms with E-state index in [0.29, 0.717) is 51.3 Å². The van der Waals surface area contributed by atoms with Crippen molar-refractivity contribution in [3.63, 3.8) is 0 Å². The quantitative estimate of drug-likeness (QED) is 0.219. The summed E-state index contributed by atoms with van der Waals surface area (Å²) in [5.41, 5.74) is 1.73. The molecule has 0 aliphatic carbocycles. The number of halogens is 1. The van der Waals surface area contributed by atoms with Crippen molar-refractivity contribution in [1.29, 1.82) is 0 Å². The molecule has 0 spiro atoms. The summed E-state index contributed by atoms with van der Waals surface area (Å²) in [7, 11) is 8.00. The molecule has 0 aliphatic rings. The van der Waals surface area contributed by atoms with E-state index in [4.69, 9.17) is 33.1 Å². The topological polar surface area (TPSA) is 72.2 Å². The molecule has 0 radical (unpaired) electrons. The maximum atomic E-state index is 13.6. The van der Waals surface area contributed by atoms with E-state index in [1.807, 2.05) is 30.3 Å². The number of benzene rings is 5. The molecule has 6 aromatic rings. The molecule has 0 saturated carbocycles. The van der Waals surface area contributed by atoms with Crippen LogP contribution < -0.4 is 23.7 Å². The molecular weight excluding hydrogens is 489 g/mol. The number of hydrogen-bond donors (Lipinski definition) is 0. The monoisotopic (exact) mass is 513 g/mol. The van der Waals surface area contributed by atoms with E-state index >= 15 is 0 Å². The average molecular weight is 514 g/mol. The van der Waals surface area contributed by atoms with Crippen LogP contribution in [0.1, 0.15) is 0 Å². The minimum atomic E-state index is -0.337. The van der Waals surface area contributed by atoms with Crippen LogP contribution in [-0.2, 0) is 0 Å². The summed E-state index contributed by atoms with van der Waals surface area (Å²) in [5, 5.41) is 5.34. The van der Waals surface area contributed by atoms with E-state index < -0.39 is 0 Å². The largest absolute Gasteiger partial charge is 0.493 e. The molecule has 1 aromatic heterocycles. The van der Waals surface area contributed by atoms with Crippen LogP contribution in [0.15, 0.2) is 59.0 Å². The molecule has 8 heteroatoms. The van der Waals surface area contributed by atoms with Gasteiger partial charge in [-0.2, -0.15) is 0 Å². The van der Waals surface area contributed by atoms with Crippen LogP contribution in [0.4, 0.5) is 4.39 Å². The van der Waals surface area contributed by atoms with Gasteiger partial charge in [0, 0.05) is 10.9 Å². The van der Waals surface area contributed by atoms with Crippen molar-refractivity contribution in [3.05, 3.63) is 60.4 Å². The first-order valence-corrected chi connectivity index (χ1v) is 11.8. The van der Waals surface area contributed by atoms with Crippen LogP contribution in [-0.4, -0.2) is 40.5 Å². The van der Waals surface area contributed by atoms with Crippen molar-refractivity contribution >= 4 is 43.4 Å². The zero-order valence-electron chi connectivity index (χ0n) is 21.5. The van der Waals surface area contributed by atoms with Crippen LogP contribution in [0, 0.1) is 5.82 Å². The molecule has 0 saturated heterocycles. The lowest BCUT2D eigenvalue weighted by Crippen LogP contribution is -1.95. The number of fused-ring (bicyclic) bond motifs is 8. The molecule has 5 aromatic carbocycles.